The van der Waals surface area contributed by atoms with Crippen LogP contribution < -0.4 is 10.8 Å². The number of Topliss-reactive ketones (excluding diaryl/α,β-unsaturated/α-hetero) is 1. The maximum Gasteiger partial charge on any atom is 0.266 e. The van der Waals surface area contributed by atoms with E-state index in [9.17, 15) is 23.2 Å². The van der Waals surface area contributed by atoms with Gasteiger partial charge in [0.1, 0.15) is 11.6 Å². The van der Waals surface area contributed by atoms with Crippen LogP contribution >= 0.6 is 11.8 Å². The van der Waals surface area contributed by atoms with Crippen molar-refractivity contribution in [3.05, 3.63) is 35.3 Å². The van der Waals surface area contributed by atoms with Crippen molar-refractivity contribution in [1.29, 1.82) is 0 Å². The van der Waals surface area contributed by atoms with E-state index >= 15 is 0 Å². The summed E-state index contributed by atoms with van der Waals surface area (Å²) < 4.78 is 43.9. The third-order valence-corrected chi connectivity index (χ3v) is 5.77. The quantitative estimate of drug-likeness (QED) is 0.178. The molecular weight excluding hydrogens is 423 g/mol. The zero-order valence-electron chi connectivity index (χ0n) is 16.0. The Bertz CT molecular complexity index is 934. The average molecular weight is 443 g/mol. The van der Waals surface area contributed by atoms with E-state index in [2.05, 4.69) is 20.6 Å². The highest BCUT2D eigenvalue weighted by molar-refractivity contribution is 7.99. The van der Waals surface area contributed by atoms with Gasteiger partial charge in [0.05, 0.1) is 16.7 Å². The van der Waals surface area contributed by atoms with Crippen LogP contribution in [0.1, 0.15) is 37.4 Å². The van der Waals surface area contributed by atoms with E-state index in [-0.39, 0.29) is 28.4 Å². The van der Waals surface area contributed by atoms with Crippen molar-refractivity contribution in [2.45, 2.75) is 31.2 Å². The summed E-state index contributed by atoms with van der Waals surface area (Å²) >= 11 is 1.25. The Kier molecular flexibility index (Phi) is 7.10. The Morgan fingerprint density at radius 3 is 2.83 bits per heavy atom. The van der Waals surface area contributed by atoms with Crippen LogP contribution in [0.5, 0.6) is 0 Å². The Hall–Kier alpha value is -2.44. The smallest absolute Gasteiger partial charge is 0.266 e. The lowest BCUT2D eigenvalue weighted by Gasteiger charge is -2.37. The Morgan fingerprint density at radius 1 is 1.43 bits per heavy atom. The summed E-state index contributed by atoms with van der Waals surface area (Å²) in [4.78, 5) is 16.2. The molecule has 0 spiro atoms. The summed E-state index contributed by atoms with van der Waals surface area (Å²) in [6.07, 6.45) is -1.97. The van der Waals surface area contributed by atoms with E-state index in [1.165, 1.54) is 17.8 Å². The van der Waals surface area contributed by atoms with Crippen molar-refractivity contribution in [3.63, 3.8) is 0 Å². The van der Waals surface area contributed by atoms with Crippen LogP contribution in [-0.2, 0) is 4.79 Å². The zero-order valence-corrected chi connectivity index (χ0v) is 16.8. The molecule has 1 aliphatic heterocycles. The first-order valence-electron chi connectivity index (χ1n) is 9.10. The van der Waals surface area contributed by atoms with E-state index in [0.717, 1.165) is 12.1 Å². The molecule has 1 fully saturated rings. The van der Waals surface area contributed by atoms with Gasteiger partial charge in [-0.25, -0.2) is 22.8 Å². The van der Waals surface area contributed by atoms with E-state index < -0.39 is 17.8 Å². The number of nitrogens with zero attached hydrogens (tertiary/aromatic N) is 3. The number of alkyl halides is 2. The lowest BCUT2D eigenvalue weighted by molar-refractivity contribution is -0.130. The first-order valence-corrected chi connectivity index (χ1v) is 10.1. The third kappa shape index (κ3) is 4.99. The van der Waals surface area contributed by atoms with Crippen LogP contribution in [-0.4, -0.2) is 46.0 Å². The van der Waals surface area contributed by atoms with Crippen molar-refractivity contribution in [3.8, 4) is 0 Å². The third-order valence-electron chi connectivity index (χ3n) is 4.73. The number of thioether (sulfide) groups is 1. The maximum absolute atomic E-state index is 13.4. The minimum Gasteiger partial charge on any atom is -0.315 e. The van der Waals surface area contributed by atoms with E-state index in [4.69, 9.17) is 4.63 Å². The number of hydroxylamine groups is 1. The molecule has 1 aliphatic rings. The number of halogens is 3. The molecule has 30 heavy (non-hydrogen) atoms. The van der Waals surface area contributed by atoms with E-state index in [1.54, 1.807) is 0 Å². The number of carbonyl (C=O) groups excluding carboxylic acids is 1. The molecule has 2 aromatic rings. The van der Waals surface area contributed by atoms with Crippen molar-refractivity contribution in [2.75, 3.05) is 18.8 Å². The number of carbonyl (C=O) groups is 1. The van der Waals surface area contributed by atoms with Crippen LogP contribution in [0.15, 0.2) is 32.8 Å². The fourth-order valence-electron chi connectivity index (χ4n) is 2.85. The van der Waals surface area contributed by atoms with Gasteiger partial charge in [0.25, 0.3) is 6.43 Å². The number of ketones is 1. The summed E-state index contributed by atoms with van der Waals surface area (Å²) in [6.45, 7) is 3.31. The molecule has 3 N–H and O–H groups in total. The molecule has 0 bridgehead atoms. The van der Waals surface area contributed by atoms with Gasteiger partial charge in [-0.2, -0.15) is 0 Å². The summed E-state index contributed by atoms with van der Waals surface area (Å²) in [5.41, 5.74) is 0.778. The highest BCUT2D eigenvalue weighted by Crippen LogP contribution is 2.28. The van der Waals surface area contributed by atoms with Gasteiger partial charge < -0.3 is 5.32 Å². The van der Waals surface area contributed by atoms with Crippen LogP contribution in [0.4, 0.5) is 18.9 Å². The summed E-state index contributed by atoms with van der Waals surface area (Å²) in [5.74, 6) is -0.510. The molecule has 0 saturated carbocycles. The minimum atomic E-state index is -3.01. The number of benzene rings is 1. The van der Waals surface area contributed by atoms with Crippen molar-refractivity contribution >= 4 is 29.1 Å². The molecule has 8 nitrogen and oxygen atoms in total. The van der Waals surface area contributed by atoms with Crippen molar-refractivity contribution < 1.29 is 27.8 Å². The van der Waals surface area contributed by atoms with Gasteiger partial charge in [0.2, 0.25) is 0 Å². The number of nitrogens with one attached hydrogen (secondary N) is 2. The molecule has 0 aliphatic carbocycles. The van der Waals surface area contributed by atoms with Crippen molar-refractivity contribution in [1.82, 2.24) is 21.1 Å². The van der Waals surface area contributed by atoms with Gasteiger partial charge >= 0.3 is 0 Å². The first-order chi connectivity index (χ1) is 14.3. The maximum atomic E-state index is 13.4. The standard InChI is InChI=1S/C18H20F3N5O3S/c1-18(8-22-9-18)13(27)3-2-6-30-17-14(25-29-26-17)16(24-28)23-10-4-5-12(19)11(7-10)15(20)21/h4-5,7,15,22,28H,2-3,6,8-9H2,1H3,(H,23,24). The second-order valence-corrected chi connectivity index (χ2v) is 8.12. The molecule has 162 valence electrons. The van der Waals surface area contributed by atoms with Gasteiger partial charge in [-0.15, -0.1) is 11.8 Å². The Balaban J connectivity index is 1.66. The van der Waals surface area contributed by atoms with Gasteiger partial charge in [0, 0.05) is 25.3 Å². The second-order valence-electron chi connectivity index (χ2n) is 7.04. The molecule has 2 heterocycles. The summed E-state index contributed by atoms with van der Waals surface area (Å²) in [5, 5.41) is 20.2. The minimum absolute atomic E-state index is 0.0184. The predicted molar refractivity (Wildman–Crippen MR) is 103 cm³/mol. The molecule has 0 atom stereocenters. The molecule has 1 aromatic carbocycles. The number of hydrogen-bond donors (Lipinski definition) is 3. The SMILES string of the molecule is CC1(C(=O)CCCSc2nonc2C(=Nc2ccc(F)c(C(F)F)c2)NO)CNC1. The molecule has 1 saturated heterocycles. The van der Waals surface area contributed by atoms with Crippen LogP contribution in [0, 0.1) is 11.2 Å². The monoisotopic (exact) mass is 443 g/mol. The highest BCUT2D eigenvalue weighted by atomic mass is 32.2. The lowest BCUT2D eigenvalue weighted by atomic mass is 9.78. The topological polar surface area (TPSA) is 113 Å². The molecule has 0 unspecified atom stereocenters. The normalized spacial score (nSPS) is 15.9. The van der Waals surface area contributed by atoms with E-state index in [0.29, 0.717) is 36.7 Å². The Morgan fingerprint density at radius 2 is 2.20 bits per heavy atom. The van der Waals surface area contributed by atoms with Gasteiger partial charge in [-0.3, -0.25) is 15.5 Å². The number of amidine groups is 1. The lowest BCUT2D eigenvalue weighted by Crippen LogP contribution is -2.56. The first kappa shape index (κ1) is 22.2. The Labute approximate surface area is 174 Å². The van der Waals surface area contributed by atoms with Gasteiger partial charge in [0.15, 0.2) is 16.6 Å². The molecule has 12 heteroatoms. The van der Waals surface area contributed by atoms with E-state index in [1.807, 2.05) is 12.4 Å². The number of aliphatic imine (C=N–C) groups is 1. The molecule has 1 aromatic heterocycles. The van der Waals surface area contributed by atoms with Crippen LogP contribution in [0.3, 0.4) is 0 Å². The molecule has 0 amide bonds. The fraction of sp³-hybridized carbons (Fsp3) is 0.444. The predicted octanol–water partition coefficient (Wildman–Crippen LogP) is 3.25. The highest BCUT2D eigenvalue weighted by Gasteiger charge is 2.38. The zero-order chi connectivity index (χ0) is 21.7. The summed E-state index contributed by atoms with van der Waals surface area (Å²) in [6, 6.07) is 2.92. The molecular formula is C18H20F3N5O3S. The average Bonchev–Trinajstić information content (AvgIpc) is 3.16. The number of aromatic nitrogens is 2. The van der Waals surface area contributed by atoms with Crippen LogP contribution in [0.25, 0.3) is 0 Å². The number of hydrogen-bond acceptors (Lipinski definition) is 8. The largest absolute Gasteiger partial charge is 0.315 e. The van der Waals surface area contributed by atoms with Crippen molar-refractivity contribution in [2.24, 2.45) is 10.4 Å². The molecule has 3 rings (SSSR count). The molecule has 0 radical (unpaired) electrons. The van der Waals surface area contributed by atoms with Crippen LogP contribution in [0.2, 0.25) is 0 Å². The summed E-state index contributed by atoms with van der Waals surface area (Å²) in [7, 11) is 0. The number of rotatable bonds is 9. The van der Waals surface area contributed by atoms with Gasteiger partial charge in [-0.05, 0) is 34.9 Å². The second kappa shape index (κ2) is 9.58. The fourth-order valence-corrected chi connectivity index (χ4v) is 3.69. The van der Waals surface area contributed by atoms with Gasteiger partial charge in [-0.1, -0.05) is 6.92 Å².